The lowest BCUT2D eigenvalue weighted by molar-refractivity contribution is -0.143. The maximum atomic E-state index is 13.0. The van der Waals surface area contributed by atoms with E-state index in [1.54, 1.807) is 19.9 Å². The molecule has 0 bridgehead atoms. The number of aromatic nitrogens is 5. The number of carbonyl (C=O) groups excluding carboxylic acids is 1. The molecule has 0 atom stereocenters. The first-order valence-electron chi connectivity index (χ1n) is 9.54. The Kier molecular flexibility index (Phi) is 6.88. The zero-order chi connectivity index (χ0) is 25.1. The lowest BCUT2D eigenvalue weighted by Gasteiger charge is -2.13. The van der Waals surface area contributed by atoms with E-state index in [-0.39, 0.29) is 18.6 Å². The summed E-state index contributed by atoms with van der Waals surface area (Å²) in [5.41, 5.74) is -2.69. The van der Waals surface area contributed by atoms with E-state index in [0.717, 1.165) is 29.0 Å². The van der Waals surface area contributed by atoms with Gasteiger partial charge in [-0.15, -0.1) is 5.10 Å². The molecule has 2 N–H and O–H groups in total. The minimum Gasteiger partial charge on any atom is -0.353 e. The molecule has 0 saturated carbocycles. The van der Waals surface area contributed by atoms with Crippen molar-refractivity contribution in [2.75, 3.05) is 12.0 Å². The van der Waals surface area contributed by atoms with Crippen LogP contribution in [0.15, 0.2) is 36.7 Å². The number of rotatable bonds is 6. The van der Waals surface area contributed by atoms with Gasteiger partial charge in [-0.1, -0.05) is 0 Å². The molecule has 0 unspecified atom stereocenters. The summed E-state index contributed by atoms with van der Waals surface area (Å²) >= 11 is 0. The maximum Gasteiger partial charge on any atom is 0.416 e. The van der Waals surface area contributed by atoms with Crippen molar-refractivity contribution in [1.29, 1.82) is 0 Å². The monoisotopic (exact) mass is 485 g/mol. The van der Waals surface area contributed by atoms with Crippen LogP contribution >= 0.6 is 0 Å². The first kappa shape index (κ1) is 24.7. The van der Waals surface area contributed by atoms with Crippen LogP contribution in [0.3, 0.4) is 0 Å². The Hall–Kier alpha value is -3.97. The molecule has 1 amide bonds. The highest BCUT2D eigenvalue weighted by atomic mass is 19.4. The summed E-state index contributed by atoms with van der Waals surface area (Å²) in [5.74, 6) is 0.136. The Morgan fingerprint density at radius 1 is 1.00 bits per heavy atom. The molecular formula is C20H17F6N7O. The van der Waals surface area contributed by atoms with Gasteiger partial charge in [0, 0.05) is 29.6 Å². The Labute approximate surface area is 188 Å². The van der Waals surface area contributed by atoms with Crippen LogP contribution in [0.1, 0.15) is 22.6 Å². The van der Waals surface area contributed by atoms with Crippen molar-refractivity contribution in [3.05, 3.63) is 59.3 Å². The molecule has 3 aromatic rings. The van der Waals surface area contributed by atoms with E-state index < -0.39 is 35.0 Å². The van der Waals surface area contributed by atoms with E-state index in [9.17, 15) is 31.1 Å². The van der Waals surface area contributed by atoms with Gasteiger partial charge in [0.1, 0.15) is 18.0 Å². The second-order valence-corrected chi connectivity index (χ2v) is 6.99. The predicted octanol–water partition coefficient (Wildman–Crippen LogP) is 4.05. The second kappa shape index (κ2) is 9.49. The molecule has 2 aromatic heterocycles. The number of nitrogens with one attached hydrogen (secondary N) is 2. The van der Waals surface area contributed by atoms with Gasteiger partial charge in [-0.25, -0.2) is 19.6 Å². The predicted molar refractivity (Wildman–Crippen MR) is 109 cm³/mol. The quantitative estimate of drug-likeness (QED) is 0.311. The van der Waals surface area contributed by atoms with Crippen molar-refractivity contribution in [1.82, 2.24) is 30.0 Å². The Bertz CT molecular complexity index is 1160. The normalized spacial score (nSPS) is 12.2. The van der Waals surface area contributed by atoms with Crippen molar-refractivity contribution in [2.45, 2.75) is 26.2 Å². The van der Waals surface area contributed by atoms with Gasteiger partial charge in [0.25, 0.3) is 0 Å². The highest BCUT2D eigenvalue weighted by molar-refractivity contribution is 5.90. The number of alkyl halides is 6. The van der Waals surface area contributed by atoms with Crippen LogP contribution in [-0.4, -0.2) is 37.3 Å². The lowest BCUT2D eigenvalue weighted by atomic mass is 10.0. The van der Waals surface area contributed by atoms with Crippen LogP contribution < -0.4 is 10.6 Å². The third-order valence-corrected chi connectivity index (χ3v) is 4.23. The van der Waals surface area contributed by atoms with Crippen LogP contribution in [0.4, 0.5) is 32.2 Å². The zero-order valence-corrected chi connectivity index (χ0v) is 17.7. The fourth-order valence-electron chi connectivity index (χ4n) is 2.80. The third kappa shape index (κ3) is 6.52. The summed E-state index contributed by atoms with van der Waals surface area (Å²) in [6, 6.07) is 2.74. The Morgan fingerprint density at radius 2 is 1.65 bits per heavy atom. The molecule has 0 aliphatic rings. The molecule has 0 aliphatic carbocycles. The van der Waals surface area contributed by atoms with Crippen LogP contribution in [0.5, 0.6) is 0 Å². The number of halogens is 6. The molecule has 14 heteroatoms. The van der Waals surface area contributed by atoms with E-state index in [1.165, 1.54) is 0 Å². The Balaban J connectivity index is 1.68. The summed E-state index contributed by atoms with van der Waals surface area (Å²) in [4.78, 5) is 23.9. The standard InChI is InChI=1S/C20H17F6N7O/c1-11-5-16(31-12(2)30-11)27-9-28-17(34)3-4-33-10-29-18(32-33)13-6-14(19(21,22)23)8-15(7-13)20(24,25)26/h3-8,10H,9H2,1-2H3,(H,28,34)(H,27,30,31)/b4-3-. The zero-order valence-electron chi connectivity index (χ0n) is 17.7. The topological polar surface area (TPSA) is 97.6 Å². The summed E-state index contributed by atoms with van der Waals surface area (Å²) in [7, 11) is 0. The van der Waals surface area contributed by atoms with E-state index >= 15 is 0 Å². The van der Waals surface area contributed by atoms with Crippen LogP contribution in [0, 0.1) is 13.8 Å². The molecular weight excluding hydrogens is 468 g/mol. The van der Waals surface area contributed by atoms with Gasteiger partial charge < -0.3 is 10.6 Å². The number of carbonyl (C=O) groups is 1. The van der Waals surface area contributed by atoms with Gasteiger partial charge in [0.15, 0.2) is 5.82 Å². The molecule has 2 heterocycles. The fourth-order valence-corrected chi connectivity index (χ4v) is 2.80. The van der Waals surface area contributed by atoms with Crippen molar-refractivity contribution in [3.8, 4) is 11.4 Å². The van der Waals surface area contributed by atoms with Crippen LogP contribution in [0.25, 0.3) is 17.6 Å². The van der Waals surface area contributed by atoms with E-state index in [2.05, 4.69) is 30.7 Å². The smallest absolute Gasteiger partial charge is 0.353 e. The Morgan fingerprint density at radius 3 is 2.24 bits per heavy atom. The lowest BCUT2D eigenvalue weighted by Crippen LogP contribution is -2.27. The third-order valence-electron chi connectivity index (χ3n) is 4.23. The molecule has 0 spiro atoms. The average Bonchev–Trinajstić information content (AvgIpc) is 3.19. The number of benzene rings is 1. The fraction of sp³-hybridized carbons (Fsp3) is 0.250. The van der Waals surface area contributed by atoms with Gasteiger partial charge in [-0.3, -0.25) is 4.79 Å². The van der Waals surface area contributed by atoms with E-state index in [0.29, 0.717) is 23.8 Å². The average molecular weight is 485 g/mol. The van der Waals surface area contributed by atoms with Gasteiger partial charge in [0.05, 0.1) is 17.8 Å². The van der Waals surface area contributed by atoms with Gasteiger partial charge >= 0.3 is 12.4 Å². The first-order valence-corrected chi connectivity index (χ1v) is 9.54. The number of nitrogens with zero attached hydrogens (tertiary/aromatic N) is 5. The maximum absolute atomic E-state index is 13.0. The summed E-state index contributed by atoms with van der Waals surface area (Å²) in [6.07, 6.45) is -6.74. The van der Waals surface area contributed by atoms with Crippen LogP contribution in [-0.2, 0) is 17.1 Å². The molecule has 1 aromatic carbocycles. The van der Waals surface area contributed by atoms with Gasteiger partial charge in [-0.2, -0.15) is 26.3 Å². The summed E-state index contributed by atoms with van der Waals surface area (Å²) < 4.78 is 79.2. The molecule has 8 nitrogen and oxygen atoms in total. The molecule has 34 heavy (non-hydrogen) atoms. The number of hydrogen-bond acceptors (Lipinski definition) is 6. The molecule has 0 radical (unpaired) electrons. The molecule has 0 aliphatic heterocycles. The summed E-state index contributed by atoms with van der Waals surface area (Å²) in [6.45, 7) is 3.54. The molecule has 0 fully saturated rings. The van der Waals surface area contributed by atoms with Crippen LogP contribution in [0.2, 0.25) is 0 Å². The molecule has 3 rings (SSSR count). The van der Waals surface area contributed by atoms with Crippen molar-refractivity contribution >= 4 is 17.9 Å². The second-order valence-electron chi connectivity index (χ2n) is 6.99. The van der Waals surface area contributed by atoms with Crippen molar-refractivity contribution in [2.24, 2.45) is 0 Å². The minimum absolute atomic E-state index is 0.0167. The summed E-state index contributed by atoms with van der Waals surface area (Å²) in [5, 5.41) is 9.22. The minimum atomic E-state index is -4.99. The number of anilines is 1. The van der Waals surface area contributed by atoms with E-state index in [4.69, 9.17) is 0 Å². The highest BCUT2D eigenvalue weighted by Gasteiger charge is 2.37. The molecule has 180 valence electrons. The number of aryl methyl sites for hydroxylation is 2. The highest BCUT2D eigenvalue weighted by Crippen LogP contribution is 2.38. The first-order chi connectivity index (χ1) is 15.8. The van der Waals surface area contributed by atoms with Gasteiger partial charge in [0.2, 0.25) is 5.91 Å². The number of amides is 1. The SMILES string of the molecule is Cc1cc(NCNC(=O)/C=C\n2cnc(-c3cc(C(F)(F)F)cc(C(F)(F)F)c3)n2)nc(C)n1. The van der Waals surface area contributed by atoms with Crippen molar-refractivity contribution < 1.29 is 31.1 Å². The van der Waals surface area contributed by atoms with Crippen molar-refractivity contribution in [3.63, 3.8) is 0 Å². The van der Waals surface area contributed by atoms with E-state index in [1.807, 2.05) is 0 Å². The molecule has 0 saturated heterocycles. The number of hydrogen-bond donors (Lipinski definition) is 2. The largest absolute Gasteiger partial charge is 0.416 e. The van der Waals surface area contributed by atoms with Gasteiger partial charge in [-0.05, 0) is 32.0 Å².